The van der Waals surface area contributed by atoms with E-state index < -0.39 is 0 Å². The van der Waals surface area contributed by atoms with Crippen molar-refractivity contribution in [3.63, 3.8) is 0 Å². The van der Waals surface area contributed by atoms with Gasteiger partial charge in [0.15, 0.2) is 0 Å². The van der Waals surface area contributed by atoms with E-state index in [2.05, 4.69) is 47.5 Å². The molecular formula is C16H24N2. The number of hydrogen-bond donors (Lipinski definition) is 1. The molecule has 98 valence electrons. The first-order valence-corrected chi connectivity index (χ1v) is 7.37. The molecule has 1 N–H and O–H groups in total. The molecule has 2 heteroatoms. The highest BCUT2D eigenvalue weighted by Gasteiger charge is 2.28. The van der Waals surface area contributed by atoms with Crippen molar-refractivity contribution in [1.82, 2.24) is 5.32 Å². The van der Waals surface area contributed by atoms with Crippen molar-refractivity contribution in [3.05, 3.63) is 30.3 Å². The fourth-order valence-corrected chi connectivity index (χ4v) is 3.31. The number of para-hydroxylation sites is 1. The molecule has 1 heterocycles. The average molecular weight is 244 g/mol. The van der Waals surface area contributed by atoms with Gasteiger partial charge in [0.1, 0.15) is 0 Å². The molecule has 0 spiro atoms. The van der Waals surface area contributed by atoms with Gasteiger partial charge in [-0.25, -0.2) is 0 Å². The Morgan fingerprint density at radius 3 is 2.28 bits per heavy atom. The molecular weight excluding hydrogens is 220 g/mol. The number of nitrogens with one attached hydrogen (secondary N) is 1. The topological polar surface area (TPSA) is 15.3 Å². The number of anilines is 1. The Hall–Kier alpha value is -1.02. The largest absolute Gasteiger partial charge is 0.371 e. The molecule has 0 amide bonds. The van der Waals surface area contributed by atoms with Gasteiger partial charge < -0.3 is 10.2 Å². The summed E-state index contributed by atoms with van der Waals surface area (Å²) >= 11 is 0. The maximum absolute atomic E-state index is 3.83. The van der Waals surface area contributed by atoms with E-state index in [0.717, 1.165) is 18.0 Å². The molecule has 0 radical (unpaired) electrons. The van der Waals surface area contributed by atoms with Crippen molar-refractivity contribution in [2.24, 2.45) is 5.92 Å². The summed E-state index contributed by atoms with van der Waals surface area (Å²) in [6.45, 7) is 4.75. The minimum Gasteiger partial charge on any atom is -0.371 e. The quantitative estimate of drug-likeness (QED) is 0.879. The first-order chi connectivity index (χ1) is 8.81. The summed E-state index contributed by atoms with van der Waals surface area (Å²) in [5.74, 6) is 0.951. The summed E-state index contributed by atoms with van der Waals surface area (Å²) in [7, 11) is 0. The van der Waals surface area contributed by atoms with Gasteiger partial charge in [0.25, 0.3) is 0 Å². The number of piperidine rings is 1. The van der Waals surface area contributed by atoms with Crippen molar-refractivity contribution in [1.29, 1.82) is 0 Å². The lowest BCUT2D eigenvalue weighted by molar-refractivity contribution is 0.211. The van der Waals surface area contributed by atoms with Crippen LogP contribution in [0.25, 0.3) is 0 Å². The van der Waals surface area contributed by atoms with Crippen LogP contribution in [-0.2, 0) is 0 Å². The molecule has 2 nitrogen and oxygen atoms in total. The van der Waals surface area contributed by atoms with Gasteiger partial charge >= 0.3 is 0 Å². The van der Waals surface area contributed by atoms with Gasteiger partial charge in [-0.3, -0.25) is 0 Å². The minimum atomic E-state index is 0.752. The molecule has 2 aliphatic rings. The molecule has 1 aromatic carbocycles. The van der Waals surface area contributed by atoms with Crippen LogP contribution in [0, 0.1) is 5.92 Å². The molecule has 1 aliphatic carbocycles. The number of nitrogens with zero attached hydrogens (tertiary/aromatic N) is 1. The zero-order chi connectivity index (χ0) is 12.4. The van der Waals surface area contributed by atoms with Crippen molar-refractivity contribution in [2.45, 2.75) is 44.7 Å². The Morgan fingerprint density at radius 1 is 1.00 bits per heavy atom. The van der Waals surface area contributed by atoms with E-state index in [1.165, 1.54) is 44.5 Å². The summed E-state index contributed by atoms with van der Waals surface area (Å²) in [5.41, 5.74) is 1.38. The van der Waals surface area contributed by atoms with E-state index >= 15 is 0 Å². The van der Waals surface area contributed by atoms with Crippen LogP contribution in [0.3, 0.4) is 0 Å². The Morgan fingerprint density at radius 2 is 1.67 bits per heavy atom. The summed E-state index contributed by atoms with van der Waals surface area (Å²) in [6, 6.07) is 12.4. The number of rotatable bonds is 3. The predicted molar refractivity (Wildman–Crippen MR) is 77.0 cm³/mol. The summed E-state index contributed by atoms with van der Waals surface area (Å²) in [6.07, 6.45) is 5.36. The zero-order valence-corrected chi connectivity index (χ0v) is 11.3. The van der Waals surface area contributed by atoms with Gasteiger partial charge in [0.2, 0.25) is 0 Å². The number of benzene rings is 1. The maximum atomic E-state index is 3.83. The highest BCUT2D eigenvalue weighted by Crippen LogP contribution is 2.28. The standard InChI is InChI=1S/C16H24N2/c1-13-11-15(12-13)17-14-7-9-18(10-8-14)16-5-3-2-4-6-16/h2-6,13-15,17H,7-12H2,1H3. The van der Waals surface area contributed by atoms with Crippen LogP contribution in [0.1, 0.15) is 32.6 Å². The first kappa shape index (κ1) is 12.0. The third-order valence-electron chi connectivity index (χ3n) is 4.46. The van der Waals surface area contributed by atoms with Crippen LogP contribution in [0.2, 0.25) is 0 Å². The monoisotopic (exact) mass is 244 g/mol. The second-order valence-electron chi connectivity index (χ2n) is 6.04. The summed E-state index contributed by atoms with van der Waals surface area (Å²) < 4.78 is 0. The molecule has 0 aromatic heterocycles. The lowest BCUT2D eigenvalue weighted by atomic mass is 9.81. The first-order valence-electron chi connectivity index (χ1n) is 7.37. The van der Waals surface area contributed by atoms with E-state index in [1.54, 1.807) is 0 Å². The molecule has 1 saturated carbocycles. The van der Waals surface area contributed by atoms with Crippen molar-refractivity contribution in [2.75, 3.05) is 18.0 Å². The molecule has 1 aliphatic heterocycles. The van der Waals surface area contributed by atoms with E-state index in [-0.39, 0.29) is 0 Å². The lowest BCUT2D eigenvalue weighted by Gasteiger charge is -2.40. The molecule has 18 heavy (non-hydrogen) atoms. The highest BCUT2D eigenvalue weighted by atomic mass is 15.1. The molecule has 2 fully saturated rings. The fraction of sp³-hybridized carbons (Fsp3) is 0.625. The Labute approximate surface area is 110 Å². The lowest BCUT2D eigenvalue weighted by Crippen LogP contribution is -2.50. The van der Waals surface area contributed by atoms with Gasteiger partial charge in [-0.15, -0.1) is 0 Å². The molecule has 0 bridgehead atoms. The van der Waals surface area contributed by atoms with Crippen molar-refractivity contribution in [3.8, 4) is 0 Å². The van der Waals surface area contributed by atoms with E-state index in [9.17, 15) is 0 Å². The van der Waals surface area contributed by atoms with E-state index in [1.807, 2.05) is 0 Å². The van der Waals surface area contributed by atoms with Crippen LogP contribution in [0.5, 0.6) is 0 Å². The van der Waals surface area contributed by atoms with Crippen LogP contribution in [0.4, 0.5) is 5.69 Å². The number of hydrogen-bond acceptors (Lipinski definition) is 2. The van der Waals surface area contributed by atoms with Gasteiger partial charge in [0.05, 0.1) is 0 Å². The molecule has 0 unspecified atom stereocenters. The average Bonchev–Trinajstić information content (AvgIpc) is 2.39. The Bertz CT molecular complexity index is 362. The normalized spacial score (nSPS) is 29.1. The Kier molecular flexibility index (Phi) is 3.55. The van der Waals surface area contributed by atoms with Gasteiger partial charge in [0, 0.05) is 30.9 Å². The minimum absolute atomic E-state index is 0.752. The van der Waals surface area contributed by atoms with E-state index in [0.29, 0.717) is 0 Å². The van der Waals surface area contributed by atoms with Gasteiger partial charge in [-0.2, -0.15) is 0 Å². The third kappa shape index (κ3) is 2.69. The summed E-state index contributed by atoms with van der Waals surface area (Å²) in [4.78, 5) is 2.52. The summed E-state index contributed by atoms with van der Waals surface area (Å²) in [5, 5.41) is 3.83. The van der Waals surface area contributed by atoms with E-state index in [4.69, 9.17) is 0 Å². The predicted octanol–water partition coefficient (Wildman–Crippen LogP) is 3.04. The maximum Gasteiger partial charge on any atom is 0.0366 e. The highest BCUT2D eigenvalue weighted by molar-refractivity contribution is 5.46. The van der Waals surface area contributed by atoms with Crippen molar-refractivity contribution >= 4 is 5.69 Å². The molecule has 1 aromatic rings. The van der Waals surface area contributed by atoms with Crippen LogP contribution < -0.4 is 10.2 Å². The SMILES string of the molecule is CC1CC(NC2CCN(c3ccccc3)CC2)C1. The van der Waals surface area contributed by atoms with Crippen LogP contribution in [-0.4, -0.2) is 25.2 Å². The van der Waals surface area contributed by atoms with Gasteiger partial charge in [-0.1, -0.05) is 25.1 Å². The Balaban J connectivity index is 1.46. The molecule has 3 rings (SSSR count). The van der Waals surface area contributed by atoms with Gasteiger partial charge in [-0.05, 0) is 43.7 Å². The van der Waals surface area contributed by atoms with Crippen LogP contribution in [0.15, 0.2) is 30.3 Å². The second kappa shape index (κ2) is 5.31. The second-order valence-corrected chi connectivity index (χ2v) is 6.04. The zero-order valence-electron chi connectivity index (χ0n) is 11.3. The molecule has 1 saturated heterocycles. The smallest absolute Gasteiger partial charge is 0.0366 e. The third-order valence-corrected chi connectivity index (χ3v) is 4.46. The fourth-order valence-electron chi connectivity index (χ4n) is 3.31. The van der Waals surface area contributed by atoms with Crippen LogP contribution >= 0.6 is 0 Å². The van der Waals surface area contributed by atoms with Crippen molar-refractivity contribution < 1.29 is 0 Å². The molecule has 0 atom stereocenters.